The van der Waals surface area contributed by atoms with Gasteiger partial charge in [-0.2, -0.15) is 0 Å². The Morgan fingerprint density at radius 2 is 2.00 bits per heavy atom. The minimum atomic E-state index is 0.669. The second-order valence-electron chi connectivity index (χ2n) is 4.64. The van der Waals surface area contributed by atoms with Crippen LogP contribution in [0.1, 0.15) is 46.0 Å². The van der Waals surface area contributed by atoms with Gasteiger partial charge in [-0.1, -0.05) is 33.1 Å². The topological polar surface area (TPSA) is 29.3 Å². The zero-order valence-electron chi connectivity index (χ0n) is 9.84. The third kappa shape index (κ3) is 3.25. The lowest BCUT2D eigenvalue weighted by Crippen LogP contribution is -2.54. The lowest BCUT2D eigenvalue weighted by Gasteiger charge is -2.44. The van der Waals surface area contributed by atoms with Crippen molar-refractivity contribution in [3.05, 3.63) is 0 Å². The fourth-order valence-corrected chi connectivity index (χ4v) is 2.39. The van der Waals surface area contributed by atoms with Gasteiger partial charge in [0, 0.05) is 25.7 Å². The minimum Gasteiger partial charge on any atom is -0.329 e. The summed E-state index contributed by atoms with van der Waals surface area (Å²) in [6.07, 6.45) is 6.66. The maximum atomic E-state index is 5.80. The largest absolute Gasteiger partial charge is 0.329 e. The van der Waals surface area contributed by atoms with Gasteiger partial charge < -0.3 is 5.73 Å². The summed E-state index contributed by atoms with van der Waals surface area (Å²) in [4.78, 5) is 2.58. The van der Waals surface area contributed by atoms with Crippen LogP contribution in [-0.2, 0) is 0 Å². The molecule has 0 radical (unpaired) electrons. The Morgan fingerprint density at radius 3 is 2.50 bits per heavy atom. The Bertz CT molecular complexity index is 141. The summed E-state index contributed by atoms with van der Waals surface area (Å²) in [5, 5.41) is 0. The van der Waals surface area contributed by atoms with Gasteiger partial charge >= 0.3 is 0 Å². The van der Waals surface area contributed by atoms with Crippen molar-refractivity contribution >= 4 is 0 Å². The molecule has 1 aliphatic rings. The molecule has 1 fully saturated rings. The minimum absolute atomic E-state index is 0.669. The van der Waals surface area contributed by atoms with Crippen LogP contribution in [0.25, 0.3) is 0 Å². The highest BCUT2D eigenvalue weighted by atomic mass is 15.2. The van der Waals surface area contributed by atoms with Crippen LogP contribution >= 0.6 is 0 Å². The third-order valence-corrected chi connectivity index (χ3v) is 3.36. The van der Waals surface area contributed by atoms with Gasteiger partial charge in [0.15, 0.2) is 0 Å². The van der Waals surface area contributed by atoms with Gasteiger partial charge in [-0.15, -0.1) is 0 Å². The van der Waals surface area contributed by atoms with Crippen LogP contribution in [0.2, 0.25) is 0 Å². The van der Waals surface area contributed by atoms with Crippen LogP contribution in [0.15, 0.2) is 0 Å². The summed E-state index contributed by atoms with van der Waals surface area (Å²) in [7, 11) is 0. The molecule has 2 heteroatoms. The van der Waals surface area contributed by atoms with Gasteiger partial charge in [-0.25, -0.2) is 0 Å². The van der Waals surface area contributed by atoms with Crippen LogP contribution in [0.5, 0.6) is 0 Å². The molecule has 84 valence electrons. The molecule has 2 nitrogen and oxygen atoms in total. The normalized spacial score (nSPS) is 20.8. The number of unbranched alkanes of at least 4 members (excludes halogenated alkanes) is 1. The summed E-state index contributed by atoms with van der Waals surface area (Å²) in [5.41, 5.74) is 5.80. The molecule has 1 aliphatic heterocycles. The predicted molar refractivity (Wildman–Crippen MR) is 62.3 cm³/mol. The fraction of sp³-hybridized carbons (Fsp3) is 1.00. The lowest BCUT2D eigenvalue weighted by molar-refractivity contribution is 0.0463. The van der Waals surface area contributed by atoms with E-state index in [1.54, 1.807) is 0 Å². The van der Waals surface area contributed by atoms with Crippen molar-refractivity contribution < 1.29 is 0 Å². The highest BCUT2D eigenvalue weighted by molar-refractivity contribution is 4.85. The Labute approximate surface area is 88.8 Å². The van der Waals surface area contributed by atoms with E-state index in [0.29, 0.717) is 6.04 Å². The van der Waals surface area contributed by atoms with E-state index in [2.05, 4.69) is 18.7 Å². The summed E-state index contributed by atoms with van der Waals surface area (Å²) in [6, 6.07) is 0.669. The molecule has 0 aliphatic carbocycles. The quantitative estimate of drug-likeness (QED) is 0.680. The first-order valence-electron chi connectivity index (χ1n) is 6.25. The molecule has 0 saturated carbocycles. The average Bonchev–Trinajstić information content (AvgIpc) is 2.14. The summed E-state index contributed by atoms with van der Waals surface area (Å²) in [6.45, 7) is 7.99. The van der Waals surface area contributed by atoms with E-state index < -0.39 is 0 Å². The smallest absolute Gasteiger partial charge is 0.0218 e. The SMILES string of the molecule is CCCCC(CN)N1CC(CCC)C1. The zero-order chi connectivity index (χ0) is 10.4. The van der Waals surface area contributed by atoms with Gasteiger partial charge in [0.2, 0.25) is 0 Å². The first kappa shape index (κ1) is 12.0. The number of hydrogen-bond acceptors (Lipinski definition) is 2. The molecular formula is C12H26N2. The first-order valence-corrected chi connectivity index (χ1v) is 6.25. The van der Waals surface area contributed by atoms with Crippen molar-refractivity contribution in [2.45, 2.75) is 52.0 Å². The van der Waals surface area contributed by atoms with Crippen molar-refractivity contribution in [3.8, 4) is 0 Å². The van der Waals surface area contributed by atoms with Gasteiger partial charge in [0.25, 0.3) is 0 Å². The van der Waals surface area contributed by atoms with E-state index >= 15 is 0 Å². The van der Waals surface area contributed by atoms with E-state index in [-0.39, 0.29) is 0 Å². The Kier molecular flexibility index (Phi) is 5.49. The molecule has 0 aromatic carbocycles. The summed E-state index contributed by atoms with van der Waals surface area (Å²) < 4.78 is 0. The molecule has 0 spiro atoms. The van der Waals surface area contributed by atoms with Crippen LogP contribution in [0.4, 0.5) is 0 Å². The van der Waals surface area contributed by atoms with Crippen LogP contribution < -0.4 is 5.73 Å². The molecular weight excluding hydrogens is 172 g/mol. The monoisotopic (exact) mass is 198 g/mol. The Hall–Kier alpha value is -0.0800. The molecule has 1 rings (SSSR count). The van der Waals surface area contributed by atoms with Crippen LogP contribution in [0.3, 0.4) is 0 Å². The Balaban J connectivity index is 2.14. The van der Waals surface area contributed by atoms with Gasteiger partial charge in [-0.3, -0.25) is 4.90 Å². The van der Waals surface area contributed by atoms with Crippen molar-refractivity contribution in [2.24, 2.45) is 11.7 Å². The standard InChI is InChI=1S/C12H26N2/c1-3-5-7-12(8-13)14-9-11(10-14)6-4-2/h11-12H,3-10,13H2,1-2H3. The highest BCUT2D eigenvalue weighted by Crippen LogP contribution is 2.24. The number of hydrogen-bond donors (Lipinski definition) is 1. The number of likely N-dealkylation sites (tertiary alicyclic amines) is 1. The van der Waals surface area contributed by atoms with E-state index in [1.165, 1.54) is 45.2 Å². The van der Waals surface area contributed by atoms with E-state index in [1.807, 2.05) is 0 Å². The molecule has 14 heavy (non-hydrogen) atoms. The molecule has 0 aromatic heterocycles. The maximum Gasteiger partial charge on any atom is 0.0218 e. The molecule has 1 saturated heterocycles. The van der Waals surface area contributed by atoms with Crippen molar-refractivity contribution in [1.82, 2.24) is 4.90 Å². The Morgan fingerprint density at radius 1 is 1.29 bits per heavy atom. The third-order valence-electron chi connectivity index (χ3n) is 3.36. The van der Waals surface area contributed by atoms with Crippen molar-refractivity contribution in [3.63, 3.8) is 0 Å². The van der Waals surface area contributed by atoms with Crippen LogP contribution in [0, 0.1) is 5.92 Å². The maximum absolute atomic E-state index is 5.80. The molecule has 0 amide bonds. The summed E-state index contributed by atoms with van der Waals surface area (Å²) >= 11 is 0. The number of rotatable bonds is 7. The van der Waals surface area contributed by atoms with Gasteiger partial charge in [-0.05, 0) is 18.8 Å². The van der Waals surface area contributed by atoms with Gasteiger partial charge in [0.1, 0.15) is 0 Å². The fourth-order valence-electron chi connectivity index (χ4n) is 2.39. The van der Waals surface area contributed by atoms with E-state index in [9.17, 15) is 0 Å². The molecule has 1 atom stereocenters. The van der Waals surface area contributed by atoms with E-state index in [4.69, 9.17) is 5.73 Å². The number of nitrogens with two attached hydrogens (primary N) is 1. The predicted octanol–water partition coefficient (Wildman–Crippen LogP) is 2.24. The summed E-state index contributed by atoms with van der Waals surface area (Å²) in [5.74, 6) is 0.968. The molecule has 1 heterocycles. The van der Waals surface area contributed by atoms with Crippen molar-refractivity contribution in [1.29, 1.82) is 0 Å². The second kappa shape index (κ2) is 6.41. The molecule has 0 aromatic rings. The molecule has 1 unspecified atom stereocenters. The second-order valence-corrected chi connectivity index (χ2v) is 4.64. The number of nitrogens with zero attached hydrogens (tertiary/aromatic N) is 1. The first-order chi connectivity index (χ1) is 6.81. The lowest BCUT2D eigenvalue weighted by atomic mass is 9.92. The highest BCUT2D eigenvalue weighted by Gasteiger charge is 2.30. The molecule has 2 N–H and O–H groups in total. The van der Waals surface area contributed by atoms with Crippen molar-refractivity contribution in [2.75, 3.05) is 19.6 Å². The van der Waals surface area contributed by atoms with Crippen LogP contribution in [-0.4, -0.2) is 30.6 Å². The molecule has 0 bridgehead atoms. The average molecular weight is 198 g/mol. The van der Waals surface area contributed by atoms with E-state index in [0.717, 1.165) is 12.5 Å². The zero-order valence-corrected chi connectivity index (χ0v) is 9.84. The van der Waals surface area contributed by atoms with Gasteiger partial charge in [0.05, 0.1) is 0 Å².